The molecular formula is C24H24N4O3S. The van der Waals surface area contributed by atoms with Crippen LogP contribution in [-0.4, -0.2) is 33.5 Å². The molecular weight excluding hydrogens is 424 g/mol. The van der Waals surface area contributed by atoms with Gasteiger partial charge in [0.05, 0.1) is 25.7 Å². The summed E-state index contributed by atoms with van der Waals surface area (Å²) >= 11 is 1.34. The first kappa shape index (κ1) is 21.7. The number of nitrogens with one attached hydrogen (secondary N) is 1. The van der Waals surface area contributed by atoms with E-state index in [1.54, 1.807) is 13.4 Å². The van der Waals surface area contributed by atoms with Crippen molar-refractivity contribution in [3.63, 3.8) is 0 Å². The van der Waals surface area contributed by atoms with E-state index in [0.717, 1.165) is 33.9 Å². The molecule has 4 aromatic rings. The van der Waals surface area contributed by atoms with Crippen LogP contribution in [0.4, 0.5) is 5.69 Å². The van der Waals surface area contributed by atoms with Crippen LogP contribution >= 0.6 is 11.8 Å². The number of amides is 1. The number of ether oxygens (including phenoxy) is 1. The van der Waals surface area contributed by atoms with Gasteiger partial charge in [-0.3, -0.25) is 9.36 Å². The highest BCUT2D eigenvalue weighted by molar-refractivity contribution is 7.99. The number of hydrogen-bond acceptors (Lipinski definition) is 6. The first-order valence-electron chi connectivity index (χ1n) is 10.1. The van der Waals surface area contributed by atoms with Gasteiger partial charge < -0.3 is 14.5 Å². The van der Waals surface area contributed by atoms with E-state index in [2.05, 4.69) is 15.5 Å². The van der Waals surface area contributed by atoms with Crippen molar-refractivity contribution in [3.8, 4) is 17.1 Å². The Bertz CT molecular complexity index is 1200. The molecule has 0 atom stereocenters. The van der Waals surface area contributed by atoms with E-state index in [9.17, 15) is 4.79 Å². The lowest BCUT2D eigenvalue weighted by molar-refractivity contribution is -0.113. The summed E-state index contributed by atoms with van der Waals surface area (Å²) in [5.74, 6) is 2.30. The predicted molar refractivity (Wildman–Crippen MR) is 125 cm³/mol. The topological polar surface area (TPSA) is 82.2 Å². The summed E-state index contributed by atoms with van der Waals surface area (Å²) in [6.45, 7) is 4.42. The van der Waals surface area contributed by atoms with E-state index in [4.69, 9.17) is 9.15 Å². The van der Waals surface area contributed by atoms with Crippen LogP contribution in [0.25, 0.3) is 11.4 Å². The molecule has 4 rings (SSSR count). The highest BCUT2D eigenvalue weighted by Crippen LogP contribution is 2.28. The third-order valence-electron chi connectivity index (χ3n) is 5.02. The van der Waals surface area contributed by atoms with Crippen molar-refractivity contribution in [1.82, 2.24) is 14.8 Å². The van der Waals surface area contributed by atoms with Gasteiger partial charge in [-0.2, -0.15) is 0 Å². The van der Waals surface area contributed by atoms with Gasteiger partial charge in [0.2, 0.25) is 5.91 Å². The number of nitrogens with zero attached hydrogens (tertiary/aromatic N) is 3. The fourth-order valence-electron chi connectivity index (χ4n) is 3.39. The zero-order valence-electron chi connectivity index (χ0n) is 18.2. The molecule has 0 aliphatic heterocycles. The maximum absolute atomic E-state index is 12.7. The highest BCUT2D eigenvalue weighted by atomic mass is 32.2. The van der Waals surface area contributed by atoms with Gasteiger partial charge in [-0.05, 0) is 49.2 Å². The third kappa shape index (κ3) is 4.86. The van der Waals surface area contributed by atoms with Gasteiger partial charge in [-0.15, -0.1) is 10.2 Å². The van der Waals surface area contributed by atoms with Gasteiger partial charge in [0.1, 0.15) is 11.5 Å². The average Bonchev–Trinajstić information content (AvgIpc) is 3.45. The van der Waals surface area contributed by atoms with Crippen LogP contribution in [-0.2, 0) is 11.3 Å². The van der Waals surface area contributed by atoms with Crippen molar-refractivity contribution in [2.24, 2.45) is 0 Å². The number of rotatable bonds is 8. The van der Waals surface area contributed by atoms with Gasteiger partial charge in [0.15, 0.2) is 11.0 Å². The van der Waals surface area contributed by atoms with E-state index in [0.29, 0.717) is 17.5 Å². The van der Waals surface area contributed by atoms with Gasteiger partial charge in [-0.1, -0.05) is 42.1 Å². The molecule has 2 heterocycles. The number of carbonyl (C=O) groups excluding carboxylic acids is 1. The Morgan fingerprint density at radius 3 is 2.59 bits per heavy atom. The minimum Gasteiger partial charge on any atom is -0.497 e. The number of hydrogen-bond donors (Lipinski definition) is 1. The summed E-state index contributed by atoms with van der Waals surface area (Å²) in [5, 5.41) is 12.4. The molecule has 2 aromatic heterocycles. The second-order valence-corrected chi connectivity index (χ2v) is 8.25. The monoisotopic (exact) mass is 448 g/mol. The number of furan rings is 1. The SMILES string of the molecule is COc1cccc(-c2nnc(SCC(=O)Nc3c(C)cccc3C)n2Cc2ccco2)c1. The molecule has 0 saturated carbocycles. The molecule has 7 nitrogen and oxygen atoms in total. The van der Waals surface area contributed by atoms with Crippen molar-refractivity contribution in [1.29, 1.82) is 0 Å². The summed E-state index contributed by atoms with van der Waals surface area (Å²) in [6, 6.07) is 17.3. The van der Waals surface area contributed by atoms with Crippen LogP contribution in [0.1, 0.15) is 16.9 Å². The Balaban J connectivity index is 1.56. The van der Waals surface area contributed by atoms with E-state index in [1.807, 2.05) is 73.0 Å². The second kappa shape index (κ2) is 9.74. The predicted octanol–water partition coefficient (Wildman–Crippen LogP) is 4.94. The standard InChI is InChI=1S/C24H24N4O3S/c1-16-7-4-8-17(2)22(16)25-21(29)15-32-24-27-26-23(18-9-5-10-19(13-18)30-3)28(24)14-20-11-6-12-31-20/h4-13H,14-15H2,1-3H3,(H,25,29). The number of para-hydroxylation sites is 1. The van der Waals surface area contributed by atoms with Crippen molar-refractivity contribution >= 4 is 23.4 Å². The number of carbonyl (C=O) groups is 1. The molecule has 2 aromatic carbocycles. The number of aromatic nitrogens is 3. The van der Waals surface area contributed by atoms with Crippen LogP contribution in [0.3, 0.4) is 0 Å². The zero-order chi connectivity index (χ0) is 22.5. The first-order valence-corrected chi connectivity index (χ1v) is 11.1. The molecule has 32 heavy (non-hydrogen) atoms. The normalized spacial score (nSPS) is 10.8. The molecule has 0 unspecified atom stereocenters. The van der Waals surface area contributed by atoms with Crippen LogP contribution in [0.5, 0.6) is 5.75 Å². The number of methoxy groups -OCH3 is 1. The Kier molecular flexibility index (Phi) is 6.61. The number of anilines is 1. The lowest BCUT2D eigenvalue weighted by atomic mass is 10.1. The Labute approximate surface area is 190 Å². The first-order chi connectivity index (χ1) is 15.5. The maximum atomic E-state index is 12.7. The molecule has 0 radical (unpaired) electrons. The van der Waals surface area contributed by atoms with Gasteiger partial charge in [-0.25, -0.2) is 0 Å². The minimum absolute atomic E-state index is 0.0946. The summed E-state index contributed by atoms with van der Waals surface area (Å²) in [7, 11) is 1.63. The number of thioether (sulfide) groups is 1. The molecule has 0 spiro atoms. The van der Waals surface area contributed by atoms with Gasteiger partial charge in [0, 0.05) is 11.3 Å². The highest BCUT2D eigenvalue weighted by Gasteiger charge is 2.18. The molecule has 0 aliphatic carbocycles. The maximum Gasteiger partial charge on any atom is 0.234 e. The fourth-order valence-corrected chi connectivity index (χ4v) is 4.13. The molecule has 0 aliphatic rings. The lowest BCUT2D eigenvalue weighted by Crippen LogP contribution is -2.16. The number of benzene rings is 2. The quantitative estimate of drug-likeness (QED) is 0.384. The van der Waals surface area contributed by atoms with Crippen molar-refractivity contribution < 1.29 is 13.9 Å². The lowest BCUT2D eigenvalue weighted by Gasteiger charge is -2.12. The van der Waals surface area contributed by atoms with Crippen LogP contribution in [0.15, 0.2) is 70.4 Å². The third-order valence-corrected chi connectivity index (χ3v) is 5.98. The minimum atomic E-state index is -0.0946. The van der Waals surface area contributed by atoms with Crippen molar-refractivity contribution in [3.05, 3.63) is 77.7 Å². The van der Waals surface area contributed by atoms with Gasteiger partial charge >= 0.3 is 0 Å². The second-order valence-electron chi connectivity index (χ2n) is 7.31. The molecule has 1 N–H and O–H groups in total. The largest absolute Gasteiger partial charge is 0.497 e. The summed E-state index contributed by atoms with van der Waals surface area (Å²) in [5.41, 5.74) is 3.79. The Morgan fingerprint density at radius 1 is 1.09 bits per heavy atom. The van der Waals surface area contributed by atoms with Crippen LogP contribution in [0, 0.1) is 13.8 Å². The average molecular weight is 449 g/mol. The summed E-state index contributed by atoms with van der Waals surface area (Å²) in [4.78, 5) is 12.7. The van der Waals surface area contributed by atoms with Crippen LogP contribution < -0.4 is 10.1 Å². The van der Waals surface area contributed by atoms with E-state index >= 15 is 0 Å². The molecule has 8 heteroatoms. The molecule has 0 saturated heterocycles. The molecule has 1 amide bonds. The van der Waals surface area contributed by atoms with Gasteiger partial charge in [0.25, 0.3) is 0 Å². The molecule has 164 valence electrons. The van der Waals surface area contributed by atoms with E-state index in [1.165, 1.54) is 11.8 Å². The summed E-state index contributed by atoms with van der Waals surface area (Å²) < 4.78 is 12.8. The molecule has 0 fully saturated rings. The Morgan fingerprint density at radius 2 is 1.88 bits per heavy atom. The summed E-state index contributed by atoms with van der Waals surface area (Å²) in [6.07, 6.45) is 1.63. The Hall–Kier alpha value is -3.52. The van der Waals surface area contributed by atoms with E-state index < -0.39 is 0 Å². The van der Waals surface area contributed by atoms with Crippen molar-refractivity contribution in [2.45, 2.75) is 25.5 Å². The van der Waals surface area contributed by atoms with Crippen molar-refractivity contribution in [2.75, 3.05) is 18.2 Å². The number of aryl methyl sites for hydroxylation is 2. The molecule has 0 bridgehead atoms. The van der Waals surface area contributed by atoms with E-state index in [-0.39, 0.29) is 11.7 Å². The zero-order valence-corrected chi connectivity index (χ0v) is 19.0. The smallest absolute Gasteiger partial charge is 0.234 e. The fraction of sp³-hybridized carbons (Fsp3) is 0.208. The van der Waals surface area contributed by atoms with Crippen LogP contribution in [0.2, 0.25) is 0 Å².